The molecule has 0 spiro atoms. The average Bonchev–Trinajstić information content (AvgIpc) is 3.71. The second kappa shape index (κ2) is 16.7. The predicted molar refractivity (Wildman–Crippen MR) is 290 cm³/mol. The summed E-state index contributed by atoms with van der Waals surface area (Å²) < 4.78 is 144. The number of hydrogen-bond donors (Lipinski definition) is 0. The molecule has 0 aromatic heterocycles. The lowest BCUT2D eigenvalue weighted by atomic mass is 9.89. The molecular formula is C62H60O2Si3. The van der Waals surface area contributed by atoms with Gasteiger partial charge in [-0.2, -0.15) is 0 Å². The minimum absolute atomic E-state index is 0.145. The molecule has 0 atom stereocenters. The molecule has 2 aliphatic carbocycles. The number of benzene rings is 8. The number of rotatable bonds is 8. The van der Waals surface area contributed by atoms with Gasteiger partial charge in [0.15, 0.2) is 8.07 Å². The van der Waals surface area contributed by atoms with Crippen LogP contribution in [0.1, 0.15) is 93.5 Å². The summed E-state index contributed by atoms with van der Waals surface area (Å²) in [4.78, 5) is 0. The molecule has 332 valence electrons. The zero-order valence-electron chi connectivity index (χ0n) is 51.3. The maximum absolute atomic E-state index is 10.2. The van der Waals surface area contributed by atoms with Gasteiger partial charge in [0.1, 0.15) is 39.1 Å². The SMILES string of the molecule is [2H]C1(c2ccc([Si](c3ccccc3)(c3ccccc3)c3ccc(C4([2H])CCCC4)c(-c4cccc5c4Oc4ccccc4[Si]5(C([2H])([2H])[2H])C([2H])([2H])[2H])c3)cc2-c2cccc3c2Oc2ccccc2[Si]3(C([2H])([2H])[2H])C([2H])([2H])[2H])CCCC1. The van der Waals surface area contributed by atoms with Gasteiger partial charge in [0.05, 0.1) is 0 Å². The third-order valence-corrected chi connectivity index (χ3v) is 24.5. The van der Waals surface area contributed by atoms with Gasteiger partial charge < -0.3 is 9.47 Å². The van der Waals surface area contributed by atoms with Crippen LogP contribution >= 0.6 is 0 Å². The highest BCUT2D eigenvalue weighted by atomic mass is 28.3. The molecule has 5 heteroatoms. The van der Waals surface area contributed by atoms with Gasteiger partial charge in [-0.1, -0.05) is 221 Å². The molecule has 2 saturated carbocycles. The number of fused-ring (bicyclic) bond motifs is 4. The summed E-state index contributed by atoms with van der Waals surface area (Å²) in [5.74, 6) is -1.42. The van der Waals surface area contributed by atoms with Crippen LogP contribution in [-0.2, 0) is 0 Å². The molecule has 0 amide bonds. The Morgan fingerprint density at radius 1 is 0.403 bits per heavy atom. The molecule has 8 aromatic carbocycles. The summed E-state index contributed by atoms with van der Waals surface area (Å²) in [6, 6.07) is 56.8. The van der Waals surface area contributed by atoms with Crippen molar-refractivity contribution in [2.24, 2.45) is 0 Å². The monoisotopic (exact) mass is 934 g/mol. The van der Waals surface area contributed by atoms with Crippen molar-refractivity contribution >= 4 is 65.7 Å². The van der Waals surface area contributed by atoms with Crippen LogP contribution in [0.3, 0.4) is 0 Å². The molecule has 4 aliphatic rings. The topological polar surface area (TPSA) is 18.5 Å². The van der Waals surface area contributed by atoms with E-state index in [4.69, 9.17) is 9.47 Å². The van der Waals surface area contributed by atoms with Gasteiger partial charge in [-0.05, 0) is 113 Å². The van der Waals surface area contributed by atoms with E-state index in [-0.39, 0.29) is 43.7 Å². The molecule has 12 rings (SSSR count). The van der Waals surface area contributed by atoms with Crippen LogP contribution in [0.25, 0.3) is 22.3 Å². The first-order valence-electron chi connectivity index (χ1n) is 30.7. The molecule has 2 heterocycles. The van der Waals surface area contributed by atoms with Crippen molar-refractivity contribution < 1.29 is 28.7 Å². The third kappa shape index (κ3) is 6.83. The third-order valence-electron chi connectivity index (χ3n) is 14.9. The van der Waals surface area contributed by atoms with E-state index in [1.807, 2.05) is 60.7 Å². The number of para-hydroxylation sites is 4. The molecule has 0 unspecified atom stereocenters. The van der Waals surface area contributed by atoms with E-state index in [2.05, 4.69) is 48.5 Å². The van der Waals surface area contributed by atoms with E-state index < -0.39 is 61.9 Å². The van der Waals surface area contributed by atoms with Crippen molar-refractivity contribution in [1.29, 1.82) is 0 Å². The van der Waals surface area contributed by atoms with Gasteiger partial charge in [-0.3, -0.25) is 0 Å². The first kappa shape index (κ1) is 29.7. The summed E-state index contributed by atoms with van der Waals surface area (Å²) >= 11 is 0. The molecule has 0 radical (unpaired) electrons. The number of ether oxygens (including phenoxy) is 2. The lowest BCUT2D eigenvalue weighted by Gasteiger charge is -2.37. The van der Waals surface area contributed by atoms with Crippen molar-refractivity contribution in [3.05, 3.63) is 193 Å². The molecule has 8 aromatic rings. The summed E-state index contributed by atoms with van der Waals surface area (Å²) in [6.07, 6.45) is 5.60. The molecule has 0 saturated heterocycles. The Balaban J connectivity index is 1.19. The second-order valence-corrected chi connectivity index (χ2v) is 27.6. The van der Waals surface area contributed by atoms with Crippen LogP contribution in [0.4, 0.5) is 0 Å². The van der Waals surface area contributed by atoms with Gasteiger partial charge in [-0.15, -0.1) is 0 Å². The van der Waals surface area contributed by atoms with Crippen LogP contribution < -0.4 is 51.0 Å². The smallest absolute Gasteiger partial charge is 0.179 e. The molecule has 67 heavy (non-hydrogen) atoms. The first-order valence-corrected chi connectivity index (χ1v) is 29.7. The maximum atomic E-state index is 10.2. The summed E-state index contributed by atoms with van der Waals surface area (Å²) in [5.41, 5.74) is 3.69. The van der Waals surface area contributed by atoms with Crippen molar-refractivity contribution in [3.63, 3.8) is 0 Å². The lowest BCUT2D eigenvalue weighted by molar-refractivity contribution is 0.488. The molecule has 2 nitrogen and oxygen atoms in total. The zero-order chi connectivity index (χ0) is 57.2. The van der Waals surface area contributed by atoms with Crippen molar-refractivity contribution in [3.8, 4) is 45.3 Å². The standard InChI is InChI=1S/C62H60O2Si3/c1-65(2)57-33-17-15-31-55(57)63-61-51(29-19-35-59(61)65)53-41-47(37-39-49(53)43-21-11-12-22-43)67(45-25-7-5-8-26-45,46-27-9-6-10-28-46)48-38-40-50(44-23-13-14-24-44)54(42-48)52-30-20-36-60-62(52)64-56-32-16-18-34-58(56)66(60,3)4/h5-10,15-20,25-44H,11-14,21-24H2,1-4H3/i1D3,2D3,3D3,4D3,43D,44D. The van der Waals surface area contributed by atoms with E-state index in [0.717, 1.165) is 57.6 Å². The molecule has 0 bridgehead atoms. The van der Waals surface area contributed by atoms with Gasteiger partial charge in [0.25, 0.3) is 0 Å². The fraction of sp³-hybridized carbons (Fsp3) is 0.226. The summed E-state index contributed by atoms with van der Waals surface area (Å²) in [7, 11) is -13.2. The Bertz CT molecular complexity index is 3460. The fourth-order valence-corrected chi connectivity index (χ4v) is 20.5. The quantitative estimate of drug-likeness (QED) is 0.112. The van der Waals surface area contributed by atoms with Gasteiger partial charge in [0.2, 0.25) is 0 Å². The van der Waals surface area contributed by atoms with Crippen LogP contribution in [0.5, 0.6) is 23.0 Å². The van der Waals surface area contributed by atoms with Crippen molar-refractivity contribution in [2.45, 2.75) is 89.1 Å². The zero-order valence-corrected chi connectivity index (χ0v) is 40.3. The second-order valence-electron chi connectivity index (χ2n) is 18.7. The Labute approximate surface area is 420 Å². The minimum Gasteiger partial charge on any atom is -0.457 e. The minimum atomic E-state index is -4.74. The Morgan fingerprint density at radius 2 is 0.791 bits per heavy atom. The number of hydrogen-bond acceptors (Lipinski definition) is 2. The van der Waals surface area contributed by atoms with E-state index in [1.165, 1.54) is 0 Å². The van der Waals surface area contributed by atoms with Crippen LogP contribution in [0.15, 0.2) is 182 Å². The lowest BCUT2D eigenvalue weighted by Crippen LogP contribution is -2.74. The maximum Gasteiger partial charge on any atom is 0.179 e. The highest BCUT2D eigenvalue weighted by Gasteiger charge is 2.45. The molecule has 0 N–H and O–H groups in total. The highest BCUT2D eigenvalue weighted by Crippen LogP contribution is 2.46. The molecule has 2 aliphatic heterocycles. The van der Waals surface area contributed by atoms with E-state index in [0.29, 0.717) is 47.9 Å². The average molecular weight is 936 g/mol. The summed E-state index contributed by atoms with van der Waals surface area (Å²) in [5, 5.41) is 4.41. The molecular weight excluding hydrogens is 861 g/mol. The van der Waals surface area contributed by atoms with E-state index in [9.17, 15) is 19.2 Å². The predicted octanol–water partition coefficient (Wildman–Crippen LogP) is 11.6. The van der Waals surface area contributed by atoms with E-state index in [1.54, 1.807) is 72.8 Å². The summed E-state index contributed by atoms with van der Waals surface area (Å²) in [6.45, 7) is -11.7. The van der Waals surface area contributed by atoms with Crippen LogP contribution in [-0.4, -0.2) is 24.2 Å². The largest absolute Gasteiger partial charge is 0.457 e. The Morgan fingerprint density at radius 3 is 1.21 bits per heavy atom. The molecule has 2 fully saturated rings. The van der Waals surface area contributed by atoms with Gasteiger partial charge in [-0.25, -0.2) is 0 Å². The van der Waals surface area contributed by atoms with Crippen LogP contribution in [0, 0.1) is 0 Å². The fourth-order valence-electron chi connectivity index (χ4n) is 11.7. The first-order chi connectivity index (χ1) is 38.4. The highest BCUT2D eigenvalue weighted by molar-refractivity contribution is 7.20. The van der Waals surface area contributed by atoms with Crippen LogP contribution in [0.2, 0.25) is 25.9 Å². The van der Waals surface area contributed by atoms with Crippen molar-refractivity contribution in [2.75, 3.05) is 0 Å². The Hall–Kier alpha value is -5.99. The van der Waals surface area contributed by atoms with Gasteiger partial charge >= 0.3 is 0 Å². The normalized spacial score (nSPS) is 21.9. The van der Waals surface area contributed by atoms with Crippen molar-refractivity contribution in [1.82, 2.24) is 0 Å². The Kier molecular flexibility index (Phi) is 7.38. The van der Waals surface area contributed by atoms with Gasteiger partial charge in [0, 0.05) is 30.3 Å². The van der Waals surface area contributed by atoms with E-state index >= 15 is 0 Å².